The van der Waals surface area contributed by atoms with Crippen LogP contribution < -0.4 is 4.72 Å². The number of rotatable bonds is 4. The van der Waals surface area contributed by atoms with E-state index in [4.69, 9.17) is 0 Å². The second-order valence-electron chi connectivity index (χ2n) is 5.43. The fourth-order valence-corrected chi connectivity index (χ4v) is 3.97. The number of H-pyrrole nitrogens is 1. The molecule has 3 rings (SSSR count). The molecular weight excluding hydrogens is 286 g/mol. The molecule has 1 aromatic carbocycles. The number of sulfonamides is 1. The van der Waals surface area contributed by atoms with Crippen LogP contribution in [-0.4, -0.2) is 24.7 Å². The van der Waals surface area contributed by atoms with Gasteiger partial charge in [-0.25, -0.2) is 13.1 Å². The summed E-state index contributed by atoms with van der Waals surface area (Å²) >= 11 is 0. The van der Waals surface area contributed by atoms with Crippen molar-refractivity contribution in [2.75, 3.05) is 0 Å². The summed E-state index contributed by atoms with van der Waals surface area (Å²) in [6.07, 6.45) is 5.05. The molecule has 0 saturated carbocycles. The number of aromatic amines is 1. The minimum absolute atomic E-state index is 0.0752. The fraction of sp³-hybridized carbons (Fsp3) is 0.400. The number of hydrogen-bond donors (Lipinski definition) is 2. The van der Waals surface area contributed by atoms with Gasteiger partial charge in [-0.15, -0.1) is 0 Å². The first-order chi connectivity index (χ1) is 10.1. The Balaban J connectivity index is 1.74. The van der Waals surface area contributed by atoms with E-state index in [1.165, 1.54) is 5.56 Å². The fourth-order valence-electron chi connectivity index (χ4n) is 2.70. The quantitative estimate of drug-likeness (QED) is 0.904. The molecule has 1 aromatic heterocycles. The topological polar surface area (TPSA) is 74.8 Å². The van der Waals surface area contributed by atoms with Gasteiger partial charge in [0.1, 0.15) is 0 Å². The van der Waals surface area contributed by atoms with Gasteiger partial charge < -0.3 is 0 Å². The lowest BCUT2D eigenvalue weighted by Crippen LogP contribution is -2.38. The van der Waals surface area contributed by atoms with Crippen molar-refractivity contribution >= 4 is 10.0 Å². The molecule has 2 aromatic rings. The third-order valence-corrected chi connectivity index (χ3v) is 5.52. The average Bonchev–Trinajstić information content (AvgIpc) is 2.94. The van der Waals surface area contributed by atoms with E-state index in [-0.39, 0.29) is 6.04 Å². The predicted octanol–water partition coefficient (Wildman–Crippen LogP) is 1.81. The Morgan fingerprint density at radius 3 is 2.81 bits per heavy atom. The van der Waals surface area contributed by atoms with Crippen LogP contribution in [-0.2, 0) is 29.3 Å². The van der Waals surface area contributed by atoms with Gasteiger partial charge in [-0.3, -0.25) is 5.10 Å². The van der Waals surface area contributed by atoms with E-state index in [9.17, 15) is 8.42 Å². The molecule has 0 saturated heterocycles. The minimum Gasteiger partial charge on any atom is -0.282 e. The molecule has 0 fully saturated rings. The number of aryl methyl sites for hydroxylation is 2. The molecular formula is C15H19N3O2S. The number of fused-ring (bicyclic) bond motifs is 1. The van der Waals surface area contributed by atoms with Crippen LogP contribution in [0.2, 0.25) is 0 Å². The second kappa shape index (κ2) is 5.61. The van der Waals surface area contributed by atoms with Crippen molar-refractivity contribution < 1.29 is 8.42 Å². The van der Waals surface area contributed by atoms with Gasteiger partial charge in [-0.1, -0.05) is 19.1 Å². The van der Waals surface area contributed by atoms with Crippen molar-refractivity contribution in [1.82, 2.24) is 14.9 Å². The predicted molar refractivity (Wildman–Crippen MR) is 80.5 cm³/mol. The first-order valence-corrected chi connectivity index (χ1v) is 8.69. The molecule has 0 amide bonds. The third-order valence-electron chi connectivity index (χ3n) is 3.98. The summed E-state index contributed by atoms with van der Waals surface area (Å²) in [5.74, 6) is 0. The van der Waals surface area contributed by atoms with Crippen molar-refractivity contribution in [1.29, 1.82) is 0 Å². The third kappa shape index (κ3) is 3.01. The maximum atomic E-state index is 12.4. The zero-order valence-electron chi connectivity index (χ0n) is 12.0. The molecule has 1 aliphatic carbocycles. The smallest absolute Gasteiger partial charge is 0.240 e. The van der Waals surface area contributed by atoms with E-state index in [1.54, 1.807) is 12.1 Å². The molecule has 6 heteroatoms. The van der Waals surface area contributed by atoms with Gasteiger partial charge in [-0.2, -0.15) is 5.10 Å². The van der Waals surface area contributed by atoms with Crippen LogP contribution in [0.1, 0.15) is 30.2 Å². The van der Waals surface area contributed by atoms with Crippen molar-refractivity contribution in [2.45, 2.75) is 43.5 Å². The van der Waals surface area contributed by atoms with Crippen LogP contribution in [0.5, 0.6) is 0 Å². The van der Waals surface area contributed by atoms with Crippen molar-refractivity contribution in [3.8, 4) is 0 Å². The number of aromatic nitrogens is 2. The monoisotopic (exact) mass is 305 g/mol. The maximum absolute atomic E-state index is 12.4. The van der Waals surface area contributed by atoms with Gasteiger partial charge in [0, 0.05) is 18.2 Å². The molecule has 2 N–H and O–H groups in total. The molecule has 0 aliphatic heterocycles. The Kier molecular flexibility index (Phi) is 3.82. The molecule has 112 valence electrons. The maximum Gasteiger partial charge on any atom is 0.240 e. The molecule has 1 unspecified atom stereocenters. The van der Waals surface area contributed by atoms with E-state index in [0.29, 0.717) is 11.3 Å². The molecule has 0 radical (unpaired) electrons. The summed E-state index contributed by atoms with van der Waals surface area (Å²) in [7, 11) is -3.45. The van der Waals surface area contributed by atoms with Crippen molar-refractivity contribution in [2.24, 2.45) is 0 Å². The molecule has 21 heavy (non-hydrogen) atoms. The summed E-state index contributed by atoms with van der Waals surface area (Å²) in [6.45, 7) is 2.05. The van der Waals surface area contributed by atoms with Crippen LogP contribution in [0.3, 0.4) is 0 Å². The Labute approximate surface area is 124 Å². The molecule has 1 heterocycles. The zero-order chi connectivity index (χ0) is 14.9. The molecule has 1 aliphatic rings. The van der Waals surface area contributed by atoms with E-state index in [1.807, 2.05) is 25.3 Å². The standard InChI is InChI=1S/C15H19N3O2S/c1-2-11-3-7-14(8-4-11)21(19,20)18-13-6-5-12-10-16-17-15(12)9-13/h3-4,7-8,10,13,18H,2,5-6,9H2,1H3,(H,16,17). The SMILES string of the molecule is CCc1ccc(S(=O)(=O)NC2CCc3cn[nH]c3C2)cc1. The van der Waals surface area contributed by atoms with Gasteiger partial charge in [0.15, 0.2) is 0 Å². The molecule has 0 bridgehead atoms. The summed E-state index contributed by atoms with van der Waals surface area (Å²) in [5.41, 5.74) is 3.36. The Morgan fingerprint density at radius 2 is 2.10 bits per heavy atom. The number of nitrogens with zero attached hydrogens (tertiary/aromatic N) is 1. The van der Waals surface area contributed by atoms with Gasteiger partial charge in [-0.05, 0) is 42.5 Å². The zero-order valence-corrected chi connectivity index (χ0v) is 12.8. The molecule has 1 atom stereocenters. The Bertz CT molecular complexity index is 720. The van der Waals surface area contributed by atoms with Crippen LogP contribution in [0.4, 0.5) is 0 Å². The van der Waals surface area contributed by atoms with E-state index >= 15 is 0 Å². The van der Waals surface area contributed by atoms with Gasteiger partial charge in [0.2, 0.25) is 10.0 Å². The van der Waals surface area contributed by atoms with Gasteiger partial charge >= 0.3 is 0 Å². The van der Waals surface area contributed by atoms with Crippen molar-refractivity contribution in [3.05, 3.63) is 47.3 Å². The average molecular weight is 305 g/mol. The van der Waals surface area contributed by atoms with Gasteiger partial charge in [0.25, 0.3) is 0 Å². The lowest BCUT2D eigenvalue weighted by molar-refractivity contribution is 0.504. The summed E-state index contributed by atoms with van der Waals surface area (Å²) in [4.78, 5) is 0.329. The van der Waals surface area contributed by atoms with Crippen LogP contribution in [0.15, 0.2) is 35.4 Å². The highest BCUT2D eigenvalue weighted by Gasteiger charge is 2.25. The summed E-state index contributed by atoms with van der Waals surface area (Å²) in [6, 6.07) is 7.00. The minimum atomic E-state index is -3.45. The number of nitrogens with one attached hydrogen (secondary N) is 2. The largest absolute Gasteiger partial charge is 0.282 e. The highest BCUT2D eigenvalue weighted by atomic mass is 32.2. The van der Waals surface area contributed by atoms with E-state index in [0.717, 1.165) is 30.5 Å². The number of benzene rings is 1. The second-order valence-corrected chi connectivity index (χ2v) is 7.15. The van der Waals surface area contributed by atoms with Crippen LogP contribution in [0, 0.1) is 0 Å². The Hall–Kier alpha value is -1.66. The van der Waals surface area contributed by atoms with E-state index in [2.05, 4.69) is 14.9 Å². The Morgan fingerprint density at radius 1 is 1.33 bits per heavy atom. The summed E-state index contributed by atoms with van der Waals surface area (Å²) < 4.78 is 27.6. The first-order valence-electron chi connectivity index (χ1n) is 7.21. The highest BCUT2D eigenvalue weighted by molar-refractivity contribution is 7.89. The van der Waals surface area contributed by atoms with Crippen LogP contribution >= 0.6 is 0 Å². The molecule has 5 nitrogen and oxygen atoms in total. The van der Waals surface area contributed by atoms with Crippen molar-refractivity contribution in [3.63, 3.8) is 0 Å². The first kappa shape index (κ1) is 14.3. The molecule has 0 spiro atoms. The lowest BCUT2D eigenvalue weighted by Gasteiger charge is -2.22. The normalized spacial score (nSPS) is 18.4. The van der Waals surface area contributed by atoms with Crippen LogP contribution in [0.25, 0.3) is 0 Å². The highest BCUT2D eigenvalue weighted by Crippen LogP contribution is 2.20. The summed E-state index contributed by atoms with van der Waals surface area (Å²) in [5, 5.41) is 6.95. The van der Waals surface area contributed by atoms with Gasteiger partial charge in [0.05, 0.1) is 11.1 Å². The lowest BCUT2D eigenvalue weighted by atomic mass is 9.95. The number of hydrogen-bond acceptors (Lipinski definition) is 3. The van der Waals surface area contributed by atoms with E-state index < -0.39 is 10.0 Å².